The minimum absolute atomic E-state index is 0.0694. The lowest BCUT2D eigenvalue weighted by Gasteiger charge is -2.08. The molecule has 1 fully saturated rings. The van der Waals surface area contributed by atoms with E-state index in [0.717, 1.165) is 15.8 Å². The van der Waals surface area contributed by atoms with Gasteiger partial charge in [0, 0.05) is 6.42 Å². The number of nitrogens with one attached hydrogen (secondary N) is 2. The fourth-order valence-electron chi connectivity index (χ4n) is 2.09. The summed E-state index contributed by atoms with van der Waals surface area (Å²) in [6.07, 6.45) is 0.964. The van der Waals surface area contributed by atoms with Crippen molar-refractivity contribution >= 4 is 38.5 Å². The maximum atomic E-state index is 11.9. The zero-order chi connectivity index (χ0) is 13.4. The Labute approximate surface area is 114 Å². The van der Waals surface area contributed by atoms with Gasteiger partial charge in [0.15, 0.2) is 5.13 Å². The van der Waals surface area contributed by atoms with Crippen LogP contribution in [0.4, 0.5) is 5.13 Å². The lowest BCUT2D eigenvalue weighted by molar-refractivity contribution is -0.122. The van der Waals surface area contributed by atoms with E-state index in [1.165, 1.54) is 11.3 Å². The van der Waals surface area contributed by atoms with Crippen molar-refractivity contribution in [1.82, 2.24) is 10.3 Å². The van der Waals surface area contributed by atoms with Crippen LogP contribution in [0, 0.1) is 6.92 Å². The third-order valence-electron chi connectivity index (χ3n) is 3.09. The van der Waals surface area contributed by atoms with Gasteiger partial charge >= 0.3 is 0 Å². The maximum absolute atomic E-state index is 11.9. The van der Waals surface area contributed by atoms with Gasteiger partial charge in [-0.2, -0.15) is 0 Å². The van der Waals surface area contributed by atoms with Gasteiger partial charge < -0.3 is 10.6 Å². The van der Waals surface area contributed by atoms with Crippen LogP contribution in [0.5, 0.6) is 0 Å². The number of fused-ring (bicyclic) bond motifs is 1. The van der Waals surface area contributed by atoms with Crippen molar-refractivity contribution < 1.29 is 9.59 Å². The van der Waals surface area contributed by atoms with Crippen LogP contribution in [0.15, 0.2) is 18.2 Å². The van der Waals surface area contributed by atoms with Gasteiger partial charge in [0.1, 0.15) is 6.04 Å². The summed E-state index contributed by atoms with van der Waals surface area (Å²) >= 11 is 1.44. The summed E-state index contributed by atoms with van der Waals surface area (Å²) in [6.45, 7) is 2.02. The monoisotopic (exact) mass is 275 g/mol. The summed E-state index contributed by atoms with van der Waals surface area (Å²) < 4.78 is 1.05. The van der Waals surface area contributed by atoms with Gasteiger partial charge in [-0.05, 0) is 31.0 Å². The Kier molecular flexibility index (Phi) is 2.94. The topological polar surface area (TPSA) is 71.1 Å². The average Bonchev–Trinajstić information content (AvgIpc) is 2.94. The highest BCUT2D eigenvalue weighted by atomic mass is 32.1. The van der Waals surface area contributed by atoms with E-state index < -0.39 is 6.04 Å². The molecule has 0 radical (unpaired) electrons. The zero-order valence-electron chi connectivity index (χ0n) is 10.4. The fraction of sp³-hybridized carbons (Fsp3) is 0.308. The van der Waals surface area contributed by atoms with Crippen molar-refractivity contribution in [1.29, 1.82) is 0 Å². The summed E-state index contributed by atoms with van der Waals surface area (Å²) in [4.78, 5) is 27.4. The van der Waals surface area contributed by atoms with Gasteiger partial charge in [0.05, 0.1) is 10.2 Å². The molecule has 3 rings (SSSR count). The molecular formula is C13H13N3O2S. The molecule has 1 aliphatic rings. The van der Waals surface area contributed by atoms with E-state index in [1.54, 1.807) is 0 Å². The summed E-state index contributed by atoms with van der Waals surface area (Å²) in [5.74, 6) is -0.262. The molecular weight excluding hydrogens is 262 g/mol. The van der Waals surface area contributed by atoms with Crippen molar-refractivity contribution in [3.63, 3.8) is 0 Å². The average molecular weight is 275 g/mol. The second-order valence-electron chi connectivity index (χ2n) is 4.64. The second kappa shape index (κ2) is 4.62. The van der Waals surface area contributed by atoms with Crippen molar-refractivity contribution in [3.8, 4) is 0 Å². The highest BCUT2D eigenvalue weighted by Gasteiger charge is 2.27. The molecule has 1 aliphatic heterocycles. The van der Waals surface area contributed by atoms with Crippen LogP contribution >= 0.6 is 11.3 Å². The standard InChI is InChI=1S/C13H13N3O2S/c1-7-2-3-8-10(6-7)19-13(15-8)16-12(18)9-4-5-11(17)14-9/h2-3,6,9H,4-5H2,1H3,(H,14,17)(H,15,16,18). The molecule has 1 unspecified atom stereocenters. The molecule has 0 saturated carbocycles. The highest BCUT2D eigenvalue weighted by Crippen LogP contribution is 2.27. The van der Waals surface area contributed by atoms with E-state index in [2.05, 4.69) is 15.6 Å². The second-order valence-corrected chi connectivity index (χ2v) is 5.67. The Morgan fingerprint density at radius 1 is 1.53 bits per heavy atom. The molecule has 1 atom stereocenters. The highest BCUT2D eigenvalue weighted by molar-refractivity contribution is 7.22. The first-order valence-corrected chi connectivity index (χ1v) is 6.91. The van der Waals surface area contributed by atoms with E-state index in [1.807, 2.05) is 25.1 Å². The third-order valence-corrected chi connectivity index (χ3v) is 4.02. The Morgan fingerprint density at radius 2 is 2.37 bits per heavy atom. The molecule has 2 heterocycles. The molecule has 1 saturated heterocycles. The first kappa shape index (κ1) is 12.1. The van der Waals surface area contributed by atoms with E-state index in [-0.39, 0.29) is 11.8 Å². The summed E-state index contributed by atoms with van der Waals surface area (Å²) in [5.41, 5.74) is 2.04. The van der Waals surface area contributed by atoms with E-state index in [9.17, 15) is 9.59 Å². The number of rotatable bonds is 2. The largest absolute Gasteiger partial charge is 0.344 e. The number of carbonyl (C=O) groups excluding carboxylic acids is 2. The number of carbonyl (C=O) groups is 2. The summed E-state index contributed by atoms with van der Waals surface area (Å²) in [5, 5.41) is 5.99. The minimum atomic E-state index is -0.429. The van der Waals surface area contributed by atoms with Gasteiger partial charge in [-0.25, -0.2) is 4.98 Å². The van der Waals surface area contributed by atoms with Crippen LogP contribution in [-0.4, -0.2) is 22.8 Å². The molecule has 0 spiro atoms. The Hall–Kier alpha value is -1.95. The smallest absolute Gasteiger partial charge is 0.248 e. The van der Waals surface area contributed by atoms with Crippen LogP contribution < -0.4 is 10.6 Å². The summed E-state index contributed by atoms with van der Waals surface area (Å²) in [7, 11) is 0. The molecule has 5 nitrogen and oxygen atoms in total. The Balaban J connectivity index is 1.77. The van der Waals surface area contributed by atoms with Crippen LogP contribution in [-0.2, 0) is 9.59 Å². The Bertz CT molecular complexity index is 665. The van der Waals surface area contributed by atoms with Gasteiger partial charge in [0.25, 0.3) is 0 Å². The number of benzene rings is 1. The maximum Gasteiger partial charge on any atom is 0.248 e. The number of aryl methyl sites for hydroxylation is 1. The number of aromatic nitrogens is 1. The van der Waals surface area contributed by atoms with Crippen molar-refractivity contribution in [2.24, 2.45) is 0 Å². The van der Waals surface area contributed by atoms with E-state index in [0.29, 0.717) is 18.0 Å². The van der Waals surface area contributed by atoms with Crippen LogP contribution in [0.1, 0.15) is 18.4 Å². The number of thiazole rings is 1. The van der Waals surface area contributed by atoms with Gasteiger partial charge in [-0.1, -0.05) is 17.4 Å². The summed E-state index contributed by atoms with van der Waals surface area (Å²) in [6, 6.07) is 5.54. The molecule has 2 N–H and O–H groups in total. The normalized spacial score (nSPS) is 18.6. The quantitative estimate of drug-likeness (QED) is 0.878. The number of anilines is 1. The minimum Gasteiger partial charge on any atom is -0.344 e. The molecule has 98 valence electrons. The van der Waals surface area contributed by atoms with Crippen LogP contribution in [0.25, 0.3) is 10.2 Å². The molecule has 0 bridgehead atoms. The van der Waals surface area contributed by atoms with Crippen LogP contribution in [0.3, 0.4) is 0 Å². The SMILES string of the molecule is Cc1ccc2nc(NC(=O)C3CCC(=O)N3)sc2c1. The third kappa shape index (κ3) is 2.44. The first-order valence-electron chi connectivity index (χ1n) is 6.09. The zero-order valence-corrected chi connectivity index (χ0v) is 11.2. The van der Waals surface area contributed by atoms with Crippen molar-refractivity contribution in [3.05, 3.63) is 23.8 Å². The predicted octanol–water partition coefficient (Wildman–Crippen LogP) is 1.82. The number of amides is 2. The molecule has 0 aliphatic carbocycles. The Morgan fingerprint density at radius 3 is 3.11 bits per heavy atom. The number of hydrogen-bond donors (Lipinski definition) is 2. The number of hydrogen-bond acceptors (Lipinski definition) is 4. The van der Waals surface area contributed by atoms with E-state index >= 15 is 0 Å². The van der Waals surface area contributed by atoms with Gasteiger partial charge in [0.2, 0.25) is 11.8 Å². The lowest BCUT2D eigenvalue weighted by atomic mass is 10.2. The molecule has 1 aromatic heterocycles. The predicted molar refractivity (Wildman–Crippen MR) is 74.2 cm³/mol. The lowest BCUT2D eigenvalue weighted by Crippen LogP contribution is -2.37. The molecule has 6 heteroatoms. The van der Waals surface area contributed by atoms with Crippen LogP contribution in [0.2, 0.25) is 0 Å². The molecule has 1 aromatic carbocycles. The van der Waals surface area contributed by atoms with Gasteiger partial charge in [-0.15, -0.1) is 0 Å². The molecule has 2 aromatic rings. The van der Waals surface area contributed by atoms with E-state index in [4.69, 9.17) is 0 Å². The molecule has 2 amide bonds. The van der Waals surface area contributed by atoms with Crippen molar-refractivity contribution in [2.75, 3.05) is 5.32 Å². The van der Waals surface area contributed by atoms with Gasteiger partial charge in [-0.3, -0.25) is 9.59 Å². The fourth-order valence-corrected chi connectivity index (χ4v) is 3.06. The number of nitrogens with zero attached hydrogens (tertiary/aromatic N) is 1. The molecule has 19 heavy (non-hydrogen) atoms. The van der Waals surface area contributed by atoms with Crippen molar-refractivity contribution in [2.45, 2.75) is 25.8 Å². The first-order chi connectivity index (χ1) is 9.11.